The van der Waals surface area contributed by atoms with Crippen LogP contribution in [0.5, 0.6) is 0 Å². The molecule has 0 aromatic heterocycles. The van der Waals surface area contributed by atoms with Gasteiger partial charge in [-0.25, -0.2) is 5.43 Å². The molecule has 3 aromatic carbocycles. The van der Waals surface area contributed by atoms with Crippen molar-refractivity contribution in [2.24, 2.45) is 5.10 Å². The molecule has 1 amide bonds. The number of nitrogens with one attached hydrogen (secondary N) is 1. The predicted octanol–water partition coefficient (Wildman–Crippen LogP) is 4.35. The topological polar surface area (TPSA) is 128 Å². The number of rotatable bonds is 7. The molecule has 0 unspecified atom stereocenters. The van der Waals surface area contributed by atoms with E-state index in [1.807, 2.05) is 0 Å². The maximum atomic E-state index is 12.5. The standard InChI is InChI=1S/C22H16N4O5/c27-22(18-11-5-7-13-21(18)26(30)31)24-23-19(16-8-2-1-3-9-16)15-14-17-10-4-6-12-20(17)25(28)29/h1-15H,(H,24,27). The molecule has 0 saturated carbocycles. The highest BCUT2D eigenvalue weighted by molar-refractivity contribution is 6.11. The Kier molecular flexibility index (Phi) is 6.59. The highest BCUT2D eigenvalue weighted by Gasteiger charge is 2.19. The number of nitro benzene ring substituents is 2. The van der Waals surface area contributed by atoms with Crippen molar-refractivity contribution in [3.05, 3.63) is 122 Å². The molecule has 9 heteroatoms. The van der Waals surface area contributed by atoms with Crippen LogP contribution in [0.1, 0.15) is 21.5 Å². The fourth-order valence-corrected chi connectivity index (χ4v) is 2.77. The molecule has 154 valence electrons. The van der Waals surface area contributed by atoms with Crippen LogP contribution in [-0.2, 0) is 0 Å². The largest absolute Gasteiger partial charge is 0.282 e. The lowest BCUT2D eigenvalue weighted by molar-refractivity contribution is -0.385. The summed E-state index contributed by atoms with van der Waals surface area (Å²) in [6, 6.07) is 20.6. The van der Waals surface area contributed by atoms with E-state index in [-0.39, 0.29) is 16.9 Å². The number of benzene rings is 3. The van der Waals surface area contributed by atoms with Gasteiger partial charge in [-0.15, -0.1) is 0 Å². The summed E-state index contributed by atoms with van der Waals surface area (Å²) in [5, 5.41) is 26.5. The Labute approximate surface area is 176 Å². The van der Waals surface area contributed by atoms with E-state index in [0.717, 1.165) is 0 Å². The highest BCUT2D eigenvalue weighted by Crippen LogP contribution is 2.20. The van der Waals surface area contributed by atoms with Crippen LogP contribution in [0.3, 0.4) is 0 Å². The number of allylic oxidation sites excluding steroid dienone is 1. The molecule has 0 heterocycles. The van der Waals surface area contributed by atoms with Gasteiger partial charge in [0.1, 0.15) is 5.56 Å². The fraction of sp³-hybridized carbons (Fsp3) is 0. The number of hydrogen-bond acceptors (Lipinski definition) is 6. The SMILES string of the molecule is O=C(NN=C(C=Cc1ccccc1[N+](=O)[O-])c1ccccc1)c1ccccc1[N+](=O)[O-]. The third-order valence-electron chi connectivity index (χ3n) is 4.25. The molecule has 0 radical (unpaired) electrons. The van der Waals surface area contributed by atoms with Crippen molar-refractivity contribution in [1.29, 1.82) is 0 Å². The van der Waals surface area contributed by atoms with Gasteiger partial charge in [-0.05, 0) is 24.3 Å². The summed E-state index contributed by atoms with van der Waals surface area (Å²) in [6.45, 7) is 0. The Bertz CT molecular complexity index is 1190. The predicted molar refractivity (Wildman–Crippen MR) is 116 cm³/mol. The van der Waals surface area contributed by atoms with Crippen molar-refractivity contribution >= 4 is 29.1 Å². The van der Waals surface area contributed by atoms with Crippen LogP contribution < -0.4 is 5.43 Å². The molecule has 9 nitrogen and oxygen atoms in total. The number of hydrazone groups is 1. The minimum absolute atomic E-state index is 0.0740. The van der Waals surface area contributed by atoms with Gasteiger partial charge in [-0.1, -0.05) is 54.6 Å². The van der Waals surface area contributed by atoms with Gasteiger partial charge < -0.3 is 0 Å². The van der Waals surface area contributed by atoms with E-state index in [1.54, 1.807) is 48.5 Å². The van der Waals surface area contributed by atoms with Gasteiger partial charge in [0.2, 0.25) is 0 Å². The first-order chi connectivity index (χ1) is 15.0. The summed E-state index contributed by atoms with van der Waals surface area (Å²) in [7, 11) is 0. The second-order valence-corrected chi connectivity index (χ2v) is 6.23. The first-order valence-corrected chi connectivity index (χ1v) is 9.05. The molecule has 0 saturated heterocycles. The Morgan fingerprint density at radius 2 is 1.39 bits per heavy atom. The van der Waals surface area contributed by atoms with Crippen molar-refractivity contribution in [1.82, 2.24) is 5.43 Å². The molecule has 0 atom stereocenters. The molecule has 3 rings (SSSR count). The Hall–Kier alpha value is -4.66. The third-order valence-corrected chi connectivity index (χ3v) is 4.25. The van der Waals surface area contributed by atoms with E-state index in [1.165, 1.54) is 42.5 Å². The zero-order valence-electron chi connectivity index (χ0n) is 16.0. The van der Waals surface area contributed by atoms with Gasteiger partial charge in [0, 0.05) is 17.7 Å². The molecular formula is C22H16N4O5. The van der Waals surface area contributed by atoms with Crippen LogP contribution in [0, 0.1) is 20.2 Å². The minimum Gasteiger partial charge on any atom is -0.267 e. The molecular weight excluding hydrogens is 400 g/mol. The molecule has 0 bridgehead atoms. The smallest absolute Gasteiger partial charge is 0.267 e. The average molecular weight is 416 g/mol. The first kappa shape index (κ1) is 21.1. The molecule has 0 aliphatic rings. The van der Waals surface area contributed by atoms with Gasteiger partial charge in [0.25, 0.3) is 17.3 Å². The van der Waals surface area contributed by atoms with Gasteiger partial charge >= 0.3 is 0 Å². The number of nitrogens with zero attached hydrogens (tertiary/aromatic N) is 3. The molecule has 0 aliphatic carbocycles. The van der Waals surface area contributed by atoms with Crippen molar-refractivity contribution in [2.75, 3.05) is 0 Å². The fourth-order valence-electron chi connectivity index (χ4n) is 2.77. The Morgan fingerprint density at radius 1 is 0.806 bits per heavy atom. The number of hydrogen-bond donors (Lipinski definition) is 1. The lowest BCUT2D eigenvalue weighted by Crippen LogP contribution is -2.20. The van der Waals surface area contributed by atoms with E-state index in [0.29, 0.717) is 16.8 Å². The van der Waals surface area contributed by atoms with Gasteiger partial charge in [-0.3, -0.25) is 25.0 Å². The van der Waals surface area contributed by atoms with Crippen LogP contribution in [0.25, 0.3) is 6.08 Å². The molecule has 31 heavy (non-hydrogen) atoms. The average Bonchev–Trinajstić information content (AvgIpc) is 2.79. The quantitative estimate of drug-likeness (QED) is 0.348. The van der Waals surface area contributed by atoms with Crippen LogP contribution in [0.15, 0.2) is 90.0 Å². The number of nitro groups is 2. The third kappa shape index (κ3) is 5.24. The van der Waals surface area contributed by atoms with E-state index in [2.05, 4.69) is 10.5 Å². The molecule has 3 aromatic rings. The summed E-state index contributed by atoms with van der Waals surface area (Å²) in [4.78, 5) is 33.7. The maximum absolute atomic E-state index is 12.5. The van der Waals surface area contributed by atoms with Crippen LogP contribution in [0.2, 0.25) is 0 Å². The van der Waals surface area contributed by atoms with Crippen molar-refractivity contribution in [3.8, 4) is 0 Å². The van der Waals surface area contributed by atoms with Crippen molar-refractivity contribution in [2.45, 2.75) is 0 Å². The highest BCUT2D eigenvalue weighted by atomic mass is 16.6. The van der Waals surface area contributed by atoms with E-state index < -0.39 is 15.8 Å². The number of amides is 1. The monoisotopic (exact) mass is 416 g/mol. The zero-order valence-corrected chi connectivity index (χ0v) is 16.0. The molecule has 0 spiro atoms. The van der Waals surface area contributed by atoms with Gasteiger partial charge in [0.15, 0.2) is 0 Å². The summed E-state index contributed by atoms with van der Waals surface area (Å²) < 4.78 is 0. The Balaban J connectivity index is 1.94. The lowest BCUT2D eigenvalue weighted by atomic mass is 10.1. The van der Waals surface area contributed by atoms with Gasteiger partial charge in [-0.2, -0.15) is 5.10 Å². The number of carbonyl (C=O) groups excluding carboxylic acids is 1. The number of para-hydroxylation sites is 2. The Morgan fingerprint density at radius 3 is 2.06 bits per heavy atom. The maximum Gasteiger partial charge on any atom is 0.282 e. The van der Waals surface area contributed by atoms with Crippen LogP contribution in [0.4, 0.5) is 11.4 Å². The summed E-state index contributed by atoms with van der Waals surface area (Å²) in [5.41, 5.74) is 3.09. The normalized spacial score (nSPS) is 11.3. The van der Waals surface area contributed by atoms with Crippen molar-refractivity contribution < 1.29 is 14.6 Å². The van der Waals surface area contributed by atoms with Gasteiger partial charge in [0.05, 0.1) is 21.1 Å². The van der Waals surface area contributed by atoms with Crippen LogP contribution in [-0.4, -0.2) is 21.5 Å². The summed E-state index contributed by atoms with van der Waals surface area (Å²) in [5.74, 6) is -0.750. The van der Waals surface area contributed by atoms with E-state index >= 15 is 0 Å². The second-order valence-electron chi connectivity index (χ2n) is 6.23. The minimum atomic E-state index is -0.750. The zero-order chi connectivity index (χ0) is 22.2. The van der Waals surface area contributed by atoms with Crippen molar-refractivity contribution in [3.63, 3.8) is 0 Å². The molecule has 0 fully saturated rings. The molecule has 0 aliphatic heterocycles. The van der Waals surface area contributed by atoms with E-state index in [4.69, 9.17) is 0 Å². The lowest BCUT2D eigenvalue weighted by Gasteiger charge is -2.05. The first-order valence-electron chi connectivity index (χ1n) is 9.05. The van der Waals surface area contributed by atoms with E-state index in [9.17, 15) is 25.0 Å². The molecule has 1 N–H and O–H groups in total. The second kappa shape index (κ2) is 9.70. The summed E-state index contributed by atoms with van der Waals surface area (Å²) in [6.07, 6.45) is 3.04. The number of carbonyl (C=O) groups is 1. The summed E-state index contributed by atoms with van der Waals surface area (Å²) >= 11 is 0. The van der Waals surface area contributed by atoms with Crippen LogP contribution >= 0.6 is 0 Å².